The van der Waals surface area contributed by atoms with Crippen molar-refractivity contribution in [1.82, 2.24) is 4.72 Å². The van der Waals surface area contributed by atoms with Gasteiger partial charge >= 0.3 is 0 Å². The van der Waals surface area contributed by atoms with E-state index in [1.54, 1.807) is 0 Å². The summed E-state index contributed by atoms with van der Waals surface area (Å²) in [5.41, 5.74) is 0.203. The molecule has 0 unspecified atom stereocenters. The minimum absolute atomic E-state index is 0.0351. The summed E-state index contributed by atoms with van der Waals surface area (Å²) >= 11 is 0. The minimum Gasteiger partial charge on any atom is -0.496 e. The minimum atomic E-state index is -3.52. The Kier molecular flexibility index (Phi) is 3.43. The number of ether oxygens (including phenoxy) is 1. The maximum absolute atomic E-state index is 11.4. The van der Waals surface area contributed by atoms with Gasteiger partial charge in [0, 0.05) is 0 Å². The number of carbonyl (C=O) groups excluding carboxylic acids is 1. The Hall–Kier alpha value is -1.40. The molecule has 0 fully saturated rings. The van der Waals surface area contributed by atoms with Crippen LogP contribution in [0.15, 0.2) is 23.1 Å². The van der Waals surface area contributed by atoms with Crippen molar-refractivity contribution in [3.05, 3.63) is 23.8 Å². The normalized spacial score (nSPS) is 11.1. The van der Waals surface area contributed by atoms with Crippen molar-refractivity contribution in [3.63, 3.8) is 0 Å². The lowest BCUT2D eigenvalue weighted by molar-refractivity contribution is 0.112. The third kappa shape index (κ3) is 2.34. The number of carbonyl (C=O) groups is 1. The molecule has 0 aliphatic heterocycles. The molecule has 0 amide bonds. The number of rotatable bonds is 4. The van der Waals surface area contributed by atoms with Crippen molar-refractivity contribution >= 4 is 16.3 Å². The zero-order valence-electron chi connectivity index (χ0n) is 8.35. The molecule has 0 spiro atoms. The van der Waals surface area contributed by atoms with Crippen LogP contribution in [0.25, 0.3) is 0 Å². The van der Waals surface area contributed by atoms with Gasteiger partial charge in [-0.15, -0.1) is 0 Å². The number of sulfonamides is 1. The smallest absolute Gasteiger partial charge is 0.240 e. The Labute approximate surface area is 88.1 Å². The van der Waals surface area contributed by atoms with E-state index in [9.17, 15) is 13.2 Å². The highest BCUT2D eigenvalue weighted by atomic mass is 32.2. The maximum Gasteiger partial charge on any atom is 0.240 e. The average Bonchev–Trinajstić information content (AvgIpc) is 2.28. The number of methoxy groups -OCH3 is 1. The van der Waals surface area contributed by atoms with E-state index in [-0.39, 0.29) is 10.5 Å². The Balaban J connectivity index is 3.32. The van der Waals surface area contributed by atoms with Gasteiger partial charge in [-0.3, -0.25) is 4.79 Å². The lowest BCUT2D eigenvalue weighted by Crippen LogP contribution is -2.18. The molecule has 1 rings (SSSR count). The molecule has 82 valence electrons. The Morgan fingerprint density at radius 2 is 2.07 bits per heavy atom. The molecule has 0 radical (unpaired) electrons. The molecule has 0 bridgehead atoms. The number of nitrogens with one attached hydrogen (secondary N) is 1. The summed E-state index contributed by atoms with van der Waals surface area (Å²) in [6, 6.07) is 4.07. The van der Waals surface area contributed by atoms with Gasteiger partial charge in [-0.1, -0.05) is 0 Å². The first-order chi connectivity index (χ1) is 7.05. The Morgan fingerprint density at radius 1 is 1.40 bits per heavy atom. The van der Waals surface area contributed by atoms with Gasteiger partial charge in [0.2, 0.25) is 10.0 Å². The summed E-state index contributed by atoms with van der Waals surface area (Å²) in [6.07, 6.45) is 0.549. The molecular formula is C9H11NO4S. The first-order valence-electron chi connectivity index (χ1n) is 4.12. The summed E-state index contributed by atoms with van der Waals surface area (Å²) in [5.74, 6) is 0.347. The number of hydrogen-bond acceptors (Lipinski definition) is 4. The third-order valence-corrected chi connectivity index (χ3v) is 3.32. The second-order valence-electron chi connectivity index (χ2n) is 2.73. The van der Waals surface area contributed by atoms with E-state index in [2.05, 4.69) is 4.72 Å². The van der Waals surface area contributed by atoms with Gasteiger partial charge in [0.05, 0.1) is 17.6 Å². The molecule has 1 aromatic carbocycles. The van der Waals surface area contributed by atoms with Crippen LogP contribution in [0.4, 0.5) is 0 Å². The van der Waals surface area contributed by atoms with Gasteiger partial charge in [-0.2, -0.15) is 0 Å². The zero-order valence-corrected chi connectivity index (χ0v) is 9.17. The molecule has 6 heteroatoms. The van der Waals surface area contributed by atoms with Crippen LogP contribution in [0.5, 0.6) is 5.75 Å². The predicted molar refractivity (Wildman–Crippen MR) is 54.6 cm³/mol. The molecule has 1 N–H and O–H groups in total. The van der Waals surface area contributed by atoms with Crippen molar-refractivity contribution in [2.45, 2.75) is 4.90 Å². The van der Waals surface area contributed by atoms with E-state index in [0.717, 1.165) is 0 Å². The Bertz CT molecular complexity index is 467. The van der Waals surface area contributed by atoms with Crippen molar-refractivity contribution in [1.29, 1.82) is 0 Å². The summed E-state index contributed by atoms with van der Waals surface area (Å²) in [7, 11) is -0.803. The van der Waals surface area contributed by atoms with Crippen LogP contribution in [-0.2, 0) is 10.0 Å². The van der Waals surface area contributed by atoms with Crippen LogP contribution in [-0.4, -0.2) is 28.9 Å². The number of benzene rings is 1. The Morgan fingerprint density at radius 3 is 2.53 bits per heavy atom. The summed E-state index contributed by atoms with van der Waals surface area (Å²) < 4.78 is 29.9. The molecule has 0 atom stereocenters. The van der Waals surface area contributed by atoms with Gasteiger partial charge in [-0.05, 0) is 25.2 Å². The topological polar surface area (TPSA) is 72.5 Å². The monoisotopic (exact) mass is 229 g/mol. The predicted octanol–water partition coefficient (Wildman–Crippen LogP) is 0.416. The van der Waals surface area contributed by atoms with Crippen molar-refractivity contribution in [2.75, 3.05) is 14.2 Å². The van der Waals surface area contributed by atoms with Crippen molar-refractivity contribution < 1.29 is 17.9 Å². The largest absolute Gasteiger partial charge is 0.496 e. The number of aldehydes is 1. The lowest BCUT2D eigenvalue weighted by Gasteiger charge is -2.06. The molecule has 0 aromatic heterocycles. The molecule has 5 nitrogen and oxygen atoms in total. The molecule has 0 aliphatic carbocycles. The highest BCUT2D eigenvalue weighted by molar-refractivity contribution is 7.89. The first-order valence-corrected chi connectivity index (χ1v) is 5.60. The standard InChI is InChI=1S/C9H11NO4S/c1-10-15(12,13)8-3-4-9(14-2)7(5-8)6-11/h3-6,10H,1-2H3. The number of hydrogen-bond donors (Lipinski definition) is 1. The third-order valence-electron chi connectivity index (χ3n) is 1.91. The second kappa shape index (κ2) is 4.41. The molecule has 0 aliphatic rings. The van der Waals surface area contributed by atoms with Gasteiger partial charge < -0.3 is 4.74 Å². The lowest BCUT2D eigenvalue weighted by atomic mass is 10.2. The van der Waals surface area contributed by atoms with E-state index >= 15 is 0 Å². The highest BCUT2D eigenvalue weighted by Crippen LogP contribution is 2.20. The van der Waals surface area contributed by atoms with Crippen LogP contribution in [0.3, 0.4) is 0 Å². The summed E-state index contributed by atoms with van der Waals surface area (Å²) in [5, 5.41) is 0. The fourth-order valence-corrected chi connectivity index (χ4v) is 1.85. The molecule has 15 heavy (non-hydrogen) atoms. The second-order valence-corrected chi connectivity index (χ2v) is 4.62. The van der Waals surface area contributed by atoms with Gasteiger partial charge in [-0.25, -0.2) is 13.1 Å². The average molecular weight is 229 g/mol. The van der Waals surface area contributed by atoms with Crippen LogP contribution < -0.4 is 9.46 Å². The molecule has 0 saturated carbocycles. The molecule has 0 saturated heterocycles. The quantitative estimate of drug-likeness (QED) is 0.759. The molecule has 1 aromatic rings. The van der Waals surface area contributed by atoms with E-state index < -0.39 is 10.0 Å². The molecule has 0 heterocycles. The van der Waals surface area contributed by atoms with Gasteiger partial charge in [0.15, 0.2) is 6.29 Å². The zero-order chi connectivity index (χ0) is 11.5. The van der Waals surface area contributed by atoms with E-state index in [0.29, 0.717) is 12.0 Å². The summed E-state index contributed by atoms with van der Waals surface area (Å²) in [4.78, 5) is 10.7. The van der Waals surface area contributed by atoms with E-state index in [4.69, 9.17) is 4.74 Å². The first kappa shape index (κ1) is 11.7. The van der Waals surface area contributed by atoms with E-state index in [1.807, 2.05) is 0 Å². The van der Waals surface area contributed by atoms with Crippen LogP contribution in [0.2, 0.25) is 0 Å². The van der Waals surface area contributed by atoms with Crippen LogP contribution >= 0.6 is 0 Å². The maximum atomic E-state index is 11.4. The van der Waals surface area contributed by atoms with Crippen LogP contribution in [0, 0.1) is 0 Å². The fourth-order valence-electron chi connectivity index (χ4n) is 1.09. The highest BCUT2D eigenvalue weighted by Gasteiger charge is 2.13. The molecular weight excluding hydrogens is 218 g/mol. The van der Waals surface area contributed by atoms with Gasteiger partial charge in [0.25, 0.3) is 0 Å². The van der Waals surface area contributed by atoms with Crippen molar-refractivity contribution in [3.8, 4) is 5.75 Å². The SMILES string of the molecule is CNS(=O)(=O)c1ccc(OC)c(C=O)c1. The van der Waals surface area contributed by atoms with E-state index in [1.165, 1.54) is 32.4 Å². The fraction of sp³-hybridized carbons (Fsp3) is 0.222. The summed E-state index contributed by atoms with van der Waals surface area (Å²) in [6.45, 7) is 0. The van der Waals surface area contributed by atoms with Gasteiger partial charge in [0.1, 0.15) is 5.75 Å². The van der Waals surface area contributed by atoms with Crippen LogP contribution in [0.1, 0.15) is 10.4 Å². The van der Waals surface area contributed by atoms with Crippen molar-refractivity contribution in [2.24, 2.45) is 0 Å².